The highest BCUT2D eigenvalue weighted by Crippen LogP contribution is 2.03. The number of rotatable bonds is 2. The van der Waals surface area contributed by atoms with Crippen LogP contribution in [0, 0.1) is 5.41 Å². The largest absolute Gasteiger partial charge is 0.478 e. The monoisotopic (exact) mass is 200 g/mol. The highest BCUT2D eigenvalue weighted by molar-refractivity contribution is 5.96. The lowest BCUT2D eigenvalue weighted by atomic mass is 10.1. The molecule has 0 radical (unpaired) electrons. The zero-order valence-corrected chi connectivity index (χ0v) is 7.47. The van der Waals surface area contributed by atoms with E-state index in [9.17, 15) is 4.79 Å². The van der Waals surface area contributed by atoms with Gasteiger partial charge in [0.1, 0.15) is 5.84 Å². The summed E-state index contributed by atoms with van der Waals surface area (Å²) in [5.74, 6) is -1.04. The second-order valence-corrected chi connectivity index (χ2v) is 2.30. The number of nitrogens with two attached hydrogens (primary N) is 1. The van der Waals surface area contributed by atoms with Gasteiger partial charge in [-0.3, -0.25) is 5.41 Å². The molecule has 0 spiro atoms. The maximum atomic E-state index is 10.4. The third-order valence-corrected chi connectivity index (χ3v) is 1.44. The van der Waals surface area contributed by atoms with E-state index < -0.39 is 5.97 Å². The van der Waals surface area contributed by atoms with Crippen molar-refractivity contribution >= 4 is 24.2 Å². The fourth-order valence-corrected chi connectivity index (χ4v) is 0.792. The quantitative estimate of drug-likeness (QED) is 0.493. The SMILES string of the molecule is Cl.N=C(N)c1ccc(C(=O)O)cc1. The van der Waals surface area contributed by atoms with E-state index in [4.69, 9.17) is 16.2 Å². The minimum Gasteiger partial charge on any atom is -0.478 e. The van der Waals surface area contributed by atoms with Gasteiger partial charge in [0.25, 0.3) is 0 Å². The molecule has 0 saturated carbocycles. The fourth-order valence-electron chi connectivity index (χ4n) is 0.792. The maximum absolute atomic E-state index is 10.4. The Hall–Kier alpha value is -1.55. The zero-order chi connectivity index (χ0) is 9.14. The lowest BCUT2D eigenvalue weighted by Gasteiger charge is -1.97. The first kappa shape index (κ1) is 11.4. The third kappa shape index (κ3) is 2.76. The Morgan fingerprint density at radius 2 is 1.62 bits per heavy atom. The van der Waals surface area contributed by atoms with Crippen molar-refractivity contribution in [3.8, 4) is 0 Å². The molecule has 0 heterocycles. The summed E-state index contributed by atoms with van der Waals surface area (Å²) in [5.41, 5.74) is 5.90. The number of benzene rings is 1. The van der Waals surface area contributed by atoms with E-state index in [2.05, 4.69) is 0 Å². The first-order valence-electron chi connectivity index (χ1n) is 3.29. The predicted molar refractivity (Wildman–Crippen MR) is 51.7 cm³/mol. The molecule has 4 N–H and O–H groups in total. The van der Waals surface area contributed by atoms with Gasteiger partial charge in [-0.15, -0.1) is 12.4 Å². The van der Waals surface area contributed by atoms with Crippen LogP contribution in [0.2, 0.25) is 0 Å². The summed E-state index contributed by atoms with van der Waals surface area (Å²) in [6, 6.07) is 5.84. The van der Waals surface area contributed by atoms with Gasteiger partial charge in [-0.2, -0.15) is 0 Å². The molecule has 0 unspecified atom stereocenters. The number of carboxylic acid groups (broad SMARTS) is 1. The topological polar surface area (TPSA) is 87.2 Å². The summed E-state index contributed by atoms with van der Waals surface area (Å²) in [6.45, 7) is 0. The molecule has 13 heavy (non-hydrogen) atoms. The highest BCUT2D eigenvalue weighted by Gasteiger charge is 2.01. The van der Waals surface area contributed by atoms with Crippen LogP contribution in [0.4, 0.5) is 0 Å². The van der Waals surface area contributed by atoms with Crippen LogP contribution in [0.25, 0.3) is 0 Å². The smallest absolute Gasteiger partial charge is 0.335 e. The van der Waals surface area contributed by atoms with Crippen molar-refractivity contribution in [1.82, 2.24) is 0 Å². The molecule has 0 aliphatic heterocycles. The Morgan fingerprint density at radius 3 is 1.92 bits per heavy atom. The van der Waals surface area contributed by atoms with E-state index in [-0.39, 0.29) is 23.8 Å². The average molecular weight is 201 g/mol. The van der Waals surface area contributed by atoms with Crippen molar-refractivity contribution in [2.24, 2.45) is 5.73 Å². The van der Waals surface area contributed by atoms with Crippen LogP contribution >= 0.6 is 12.4 Å². The maximum Gasteiger partial charge on any atom is 0.335 e. The molecule has 0 atom stereocenters. The highest BCUT2D eigenvalue weighted by atomic mass is 35.5. The second kappa shape index (κ2) is 4.47. The average Bonchev–Trinajstić information content (AvgIpc) is 2.04. The van der Waals surface area contributed by atoms with Gasteiger partial charge in [-0.05, 0) is 12.1 Å². The lowest BCUT2D eigenvalue weighted by Crippen LogP contribution is -2.11. The standard InChI is InChI=1S/C8H8N2O2.ClH/c9-7(10)5-1-3-6(4-2-5)8(11)12;/h1-4H,(H3,9,10)(H,11,12);1H. The van der Waals surface area contributed by atoms with E-state index >= 15 is 0 Å². The Balaban J connectivity index is 0.00000144. The van der Waals surface area contributed by atoms with Crippen LogP contribution in [0.15, 0.2) is 24.3 Å². The number of amidine groups is 1. The first-order chi connectivity index (χ1) is 5.61. The third-order valence-electron chi connectivity index (χ3n) is 1.44. The van der Waals surface area contributed by atoms with E-state index in [1.54, 1.807) is 0 Å². The van der Waals surface area contributed by atoms with E-state index in [1.165, 1.54) is 24.3 Å². The molecular formula is C8H9ClN2O2. The van der Waals surface area contributed by atoms with Crippen LogP contribution in [-0.2, 0) is 0 Å². The number of nitrogen functional groups attached to an aromatic ring is 1. The second-order valence-electron chi connectivity index (χ2n) is 2.30. The van der Waals surface area contributed by atoms with Gasteiger partial charge >= 0.3 is 5.97 Å². The fraction of sp³-hybridized carbons (Fsp3) is 0. The number of halogens is 1. The van der Waals surface area contributed by atoms with Crippen molar-refractivity contribution in [3.63, 3.8) is 0 Å². The zero-order valence-electron chi connectivity index (χ0n) is 6.65. The molecule has 0 amide bonds. The van der Waals surface area contributed by atoms with Crippen LogP contribution in [0.3, 0.4) is 0 Å². The Labute approximate surface area is 81.3 Å². The van der Waals surface area contributed by atoms with Gasteiger partial charge in [0.05, 0.1) is 5.56 Å². The van der Waals surface area contributed by atoms with Gasteiger partial charge in [-0.25, -0.2) is 4.79 Å². The summed E-state index contributed by atoms with van der Waals surface area (Å²) in [4.78, 5) is 10.4. The molecule has 0 saturated heterocycles. The van der Waals surface area contributed by atoms with Crippen molar-refractivity contribution in [1.29, 1.82) is 5.41 Å². The summed E-state index contributed by atoms with van der Waals surface area (Å²) in [6.07, 6.45) is 0. The van der Waals surface area contributed by atoms with Crippen LogP contribution in [0.5, 0.6) is 0 Å². The Bertz CT molecular complexity index is 288. The van der Waals surface area contributed by atoms with Crippen LogP contribution in [-0.4, -0.2) is 16.9 Å². The first-order valence-corrected chi connectivity index (χ1v) is 3.29. The minimum absolute atomic E-state index is 0. The van der Waals surface area contributed by atoms with Crippen molar-refractivity contribution < 1.29 is 9.90 Å². The predicted octanol–water partition coefficient (Wildman–Crippen LogP) is 1.09. The molecule has 0 aliphatic carbocycles. The summed E-state index contributed by atoms with van der Waals surface area (Å²) >= 11 is 0. The van der Waals surface area contributed by atoms with E-state index in [1.807, 2.05) is 0 Å². The lowest BCUT2D eigenvalue weighted by molar-refractivity contribution is 0.0697. The molecule has 1 aromatic rings. The Kier molecular flexibility index (Phi) is 3.94. The number of carbonyl (C=O) groups is 1. The number of hydrogen-bond donors (Lipinski definition) is 3. The molecular weight excluding hydrogens is 192 g/mol. The van der Waals surface area contributed by atoms with Gasteiger partial charge < -0.3 is 10.8 Å². The number of carboxylic acids is 1. The van der Waals surface area contributed by atoms with E-state index in [0.29, 0.717) is 5.56 Å². The normalized spacial score (nSPS) is 8.62. The van der Waals surface area contributed by atoms with Gasteiger partial charge in [0.2, 0.25) is 0 Å². The van der Waals surface area contributed by atoms with Crippen molar-refractivity contribution in [2.45, 2.75) is 0 Å². The van der Waals surface area contributed by atoms with Crippen LogP contribution < -0.4 is 5.73 Å². The van der Waals surface area contributed by atoms with Crippen LogP contribution in [0.1, 0.15) is 15.9 Å². The molecule has 1 aromatic carbocycles. The number of aromatic carboxylic acids is 1. The number of hydrogen-bond acceptors (Lipinski definition) is 2. The minimum atomic E-state index is -0.981. The summed E-state index contributed by atoms with van der Waals surface area (Å²) < 4.78 is 0. The van der Waals surface area contributed by atoms with Gasteiger partial charge in [0.15, 0.2) is 0 Å². The Morgan fingerprint density at radius 1 is 1.23 bits per heavy atom. The van der Waals surface area contributed by atoms with Crippen molar-refractivity contribution in [2.75, 3.05) is 0 Å². The molecule has 0 aliphatic rings. The molecule has 0 bridgehead atoms. The molecule has 0 aromatic heterocycles. The molecule has 1 rings (SSSR count). The van der Waals surface area contributed by atoms with Gasteiger partial charge in [0, 0.05) is 5.56 Å². The van der Waals surface area contributed by atoms with Gasteiger partial charge in [-0.1, -0.05) is 12.1 Å². The molecule has 0 fully saturated rings. The molecule has 5 heteroatoms. The molecule has 4 nitrogen and oxygen atoms in total. The number of nitrogens with one attached hydrogen (secondary N) is 1. The summed E-state index contributed by atoms with van der Waals surface area (Å²) in [5, 5.41) is 15.6. The van der Waals surface area contributed by atoms with Crippen molar-refractivity contribution in [3.05, 3.63) is 35.4 Å². The molecule has 70 valence electrons. The van der Waals surface area contributed by atoms with E-state index in [0.717, 1.165) is 0 Å². The summed E-state index contributed by atoms with van der Waals surface area (Å²) in [7, 11) is 0.